The van der Waals surface area contributed by atoms with Crippen LogP contribution in [0.4, 0.5) is 0 Å². The molecule has 5 heteroatoms. The normalized spacial score (nSPS) is 32.9. The predicted octanol–water partition coefficient (Wildman–Crippen LogP) is 4.53. The molecular formula is C21H31ClN2OS. The van der Waals surface area contributed by atoms with Crippen molar-refractivity contribution in [3.8, 4) is 0 Å². The van der Waals surface area contributed by atoms with Crippen LogP contribution in [0.5, 0.6) is 0 Å². The third-order valence-corrected chi connectivity index (χ3v) is 8.21. The second-order valence-electron chi connectivity index (χ2n) is 8.73. The molecule has 0 spiro atoms. The molecule has 4 fully saturated rings. The Morgan fingerprint density at radius 1 is 1.04 bits per heavy atom. The van der Waals surface area contributed by atoms with Gasteiger partial charge in [0.15, 0.2) is 0 Å². The fourth-order valence-corrected chi connectivity index (χ4v) is 6.57. The second-order valence-corrected chi connectivity index (χ2v) is 9.51. The van der Waals surface area contributed by atoms with E-state index in [1.807, 2.05) is 0 Å². The van der Waals surface area contributed by atoms with Crippen LogP contribution < -0.4 is 0 Å². The highest BCUT2D eigenvalue weighted by atomic mass is 35.5. The number of carbonyl (C=O) groups excluding carboxylic acids is 1. The van der Waals surface area contributed by atoms with Crippen molar-refractivity contribution in [2.24, 2.45) is 11.8 Å². The van der Waals surface area contributed by atoms with Crippen molar-refractivity contribution in [1.29, 1.82) is 0 Å². The molecule has 0 aromatic carbocycles. The number of carbonyl (C=O) groups is 1. The largest absolute Gasteiger partial charge is 0.338 e. The Morgan fingerprint density at radius 2 is 1.85 bits per heavy atom. The Labute approximate surface area is 167 Å². The van der Waals surface area contributed by atoms with Crippen molar-refractivity contribution in [3.05, 3.63) is 22.4 Å². The third-order valence-electron chi connectivity index (χ3n) is 7.51. The Kier molecular flexibility index (Phi) is 5.64. The summed E-state index contributed by atoms with van der Waals surface area (Å²) in [5.74, 6) is 2.03. The number of rotatable bonds is 3. The average molecular weight is 395 g/mol. The summed E-state index contributed by atoms with van der Waals surface area (Å²) in [4.78, 5) is 18.2. The van der Waals surface area contributed by atoms with E-state index in [1.54, 1.807) is 11.3 Å². The predicted molar refractivity (Wildman–Crippen MR) is 109 cm³/mol. The van der Waals surface area contributed by atoms with Gasteiger partial charge in [-0.15, -0.1) is 12.4 Å². The molecular weight excluding hydrogens is 364 g/mol. The summed E-state index contributed by atoms with van der Waals surface area (Å²) in [6.07, 6.45) is 10.3. The molecule has 3 heterocycles. The zero-order valence-electron chi connectivity index (χ0n) is 15.5. The highest BCUT2D eigenvalue weighted by Crippen LogP contribution is 2.45. The Bertz CT molecular complexity index is 612. The van der Waals surface area contributed by atoms with Crippen LogP contribution in [0.3, 0.4) is 0 Å². The molecule has 1 amide bonds. The van der Waals surface area contributed by atoms with Crippen LogP contribution in [0.15, 0.2) is 16.8 Å². The number of halogens is 1. The van der Waals surface area contributed by atoms with Crippen molar-refractivity contribution in [2.75, 3.05) is 19.6 Å². The van der Waals surface area contributed by atoms with E-state index < -0.39 is 0 Å². The van der Waals surface area contributed by atoms with Crippen LogP contribution >= 0.6 is 23.7 Å². The second kappa shape index (κ2) is 7.81. The third kappa shape index (κ3) is 3.22. The van der Waals surface area contributed by atoms with Crippen molar-refractivity contribution in [2.45, 2.75) is 69.4 Å². The first kappa shape index (κ1) is 18.8. The zero-order valence-corrected chi connectivity index (χ0v) is 17.1. The van der Waals surface area contributed by atoms with Gasteiger partial charge in [0.25, 0.3) is 0 Å². The van der Waals surface area contributed by atoms with Gasteiger partial charge in [0.05, 0.1) is 0 Å². The number of likely N-dealkylation sites (tertiary alicyclic amines) is 2. The number of fused-ring (bicyclic) bond motifs is 1. The molecule has 144 valence electrons. The van der Waals surface area contributed by atoms with Gasteiger partial charge in [0, 0.05) is 49.5 Å². The van der Waals surface area contributed by atoms with Gasteiger partial charge in [0.1, 0.15) is 0 Å². The first-order chi connectivity index (χ1) is 12.3. The maximum absolute atomic E-state index is 13.1. The highest BCUT2D eigenvalue weighted by molar-refractivity contribution is 7.08. The fraction of sp³-hybridized carbons (Fsp3) is 0.762. The molecule has 4 aliphatic rings. The summed E-state index contributed by atoms with van der Waals surface area (Å²) in [5, 5.41) is 4.53. The molecule has 0 unspecified atom stereocenters. The smallest absolute Gasteiger partial charge is 0.225 e. The van der Waals surface area contributed by atoms with E-state index in [-0.39, 0.29) is 12.4 Å². The van der Waals surface area contributed by atoms with Gasteiger partial charge in [-0.2, -0.15) is 11.3 Å². The van der Waals surface area contributed by atoms with Crippen LogP contribution in [-0.2, 0) is 4.79 Å². The summed E-state index contributed by atoms with van der Waals surface area (Å²) in [6, 6.07) is 3.62. The number of piperidine rings is 1. The van der Waals surface area contributed by atoms with Crippen LogP contribution in [0.1, 0.15) is 62.8 Å². The minimum atomic E-state index is 0. The summed E-state index contributed by atoms with van der Waals surface area (Å²) >= 11 is 1.81. The van der Waals surface area contributed by atoms with Crippen LogP contribution in [0, 0.1) is 11.8 Å². The molecule has 1 aromatic heterocycles. The molecule has 5 rings (SSSR count). The number of hydrogen-bond acceptors (Lipinski definition) is 3. The molecule has 1 aromatic rings. The SMILES string of the molecule is Cl.O=C(C1CCC1)N1C[C@@H](c2ccsc2)[C@@H]2CN(C3CCCC3)CC[C@@H]21. The molecule has 2 aliphatic heterocycles. The Hall–Kier alpha value is -0.580. The monoisotopic (exact) mass is 394 g/mol. The molecule has 2 saturated carbocycles. The summed E-state index contributed by atoms with van der Waals surface area (Å²) in [5.41, 5.74) is 1.48. The summed E-state index contributed by atoms with van der Waals surface area (Å²) in [7, 11) is 0. The van der Waals surface area contributed by atoms with E-state index in [9.17, 15) is 4.79 Å². The first-order valence-electron chi connectivity index (χ1n) is 10.4. The van der Waals surface area contributed by atoms with Crippen LogP contribution in [0.25, 0.3) is 0 Å². The number of thiophene rings is 1. The first-order valence-corrected chi connectivity index (χ1v) is 11.3. The minimum absolute atomic E-state index is 0. The molecule has 26 heavy (non-hydrogen) atoms. The maximum Gasteiger partial charge on any atom is 0.225 e. The lowest BCUT2D eigenvalue weighted by Gasteiger charge is -2.42. The lowest BCUT2D eigenvalue weighted by molar-refractivity contribution is -0.140. The molecule has 0 radical (unpaired) electrons. The summed E-state index contributed by atoms with van der Waals surface area (Å²) in [6.45, 7) is 3.39. The fourth-order valence-electron chi connectivity index (χ4n) is 5.84. The molecule has 3 nitrogen and oxygen atoms in total. The minimum Gasteiger partial charge on any atom is -0.338 e. The number of nitrogens with zero attached hydrogens (tertiary/aromatic N) is 2. The van der Waals surface area contributed by atoms with Crippen molar-refractivity contribution < 1.29 is 4.79 Å². The van der Waals surface area contributed by atoms with E-state index in [1.165, 1.54) is 57.2 Å². The molecule has 0 bridgehead atoms. The van der Waals surface area contributed by atoms with Crippen molar-refractivity contribution in [1.82, 2.24) is 9.80 Å². The van der Waals surface area contributed by atoms with Gasteiger partial charge < -0.3 is 4.90 Å². The standard InChI is InChI=1S/C21H30N2OS.ClH/c24-21(15-4-3-5-15)23-13-18(16-9-11-25-14-16)19-12-22(10-8-20(19)23)17-6-1-2-7-17;/h9,11,14-15,17-20H,1-8,10,12-13H2;1H/t18-,19-,20-;/m0./s1. The maximum atomic E-state index is 13.1. The molecule has 3 atom stereocenters. The van der Waals surface area contributed by atoms with Crippen LogP contribution in [0.2, 0.25) is 0 Å². The quantitative estimate of drug-likeness (QED) is 0.751. The van der Waals surface area contributed by atoms with E-state index in [0.717, 1.165) is 25.4 Å². The lowest BCUT2D eigenvalue weighted by atomic mass is 9.81. The molecule has 0 N–H and O–H groups in total. The molecule has 2 saturated heterocycles. The van der Waals surface area contributed by atoms with Gasteiger partial charge in [-0.1, -0.05) is 19.3 Å². The van der Waals surface area contributed by atoms with E-state index in [2.05, 4.69) is 26.6 Å². The average Bonchev–Trinajstić information content (AvgIpc) is 3.32. The van der Waals surface area contributed by atoms with E-state index in [0.29, 0.717) is 29.7 Å². The van der Waals surface area contributed by atoms with E-state index >= 15 is 0 Å². The summed E-state index contributed by atoms with van der Waals surface area (Å²) < 4.78 is 0. The van der Waals surface area contributed by atoms with Gasteiger partial charge >= 0.3 is 0 Å². The number of amides is 1. The van der Waals surface area contributed by atoms with Crippen molar-refractivity contribution in [3.63, 3.8) is 0 Å². The van der Waals surface area contributed by atoms with Gasteiger partial charge in [-0.05, 0) is 54.5 Å². The molecule has 2 aliphatic carbocycles. The number of hydrogen-bond donors (Lipinski definition) is 0. The highest BCUT2D eigenvalue weighted by Gasteiger charge is 2.49. The Balaban J connectivity index is 0.00000168. The van der Waals surface area contributed by atoms with Crippen molar-refractivity contribution >= 4 is 29.7 Å². The van der Waals surface area contributed by atoms with Gasteiger partial charge in [-0.3, -0.25) is 9.69 Å². The topological polar surface area (TPSA) is 23.6 Å². The van der Waals surface area contributed by atoms with Crippen LogP contribution in [-0.4, -0.2) is 47.4 Å². The van der Waals surface area contributed by atoms with Gasteiger partial charge in [0.2, 0.25) is 5.91 Å². The Morgan fingerprint density at radius 3 is 2.50 bits per heavy atom. The zero-order chi connectivity index (χ0) is 16.8. The van der Waals surface area contributed by atoms with Gasteiger partial charge in [-0.25, -0.2) is 0 Å². The van der Waals surface area contributed by atoms with E-state index in [4.69, 9.17) is 0 Å². The lowest BCUT2D eigenvalue weighted by Crippen LogP contribution is -2.51.